The van der Waals surface area contributed by atoms with Crippen molar-refractivity contribution in [3.63, 3.8) is 0 Å². The Bertz CT molecular complexity index is 245. The van der Waals surface area contributed by atoms with Gasteiger partial charge in [-0.25, -0.2) is 13.6 Å². The summed E-state index contributed by atoms with van der Waals surface area (Å²) in [6.07, 6.45) is 5.65. The zero-order chi connectivity index (χ0) is 10.4. The molecule has 1 saturated carbocycles. The zero-order valence-electron chi connectivity index (χ0n) is 8.44. The minimum Gasteiger partial charge on any atom is -0.381 e. The third-order valence-corrected chi connectivity index (χ3v) is 3.40. The third kappa shape index (κ3) is 5.57. The van der Waals surface area contributed by atoms with E-state index in [2.05, 4.69) is 0 Å². The van der Waals surface area contributed by atoms with Crippen LogP contribution < -0.4 is 5.14 Å². The van der Waals surface area contributed by atoms with Gasteiger partial charge in [-0.05, 0) is 25.2 Å². The van der Waals surface area contributed by atoms with Crippen LogP contribution in [0.5, 0.6) is 0 Å². The average molecular weight is 221 g/mol. The lowest BCUT2D eigenvalue weighted by atomic mass is 10.1. The van der Waals surface area contributed by atoms with Crippen molar-refractivity contribution < 1.29 is 13.2 Å². The van der Waals surface area contributed by atoms with Crippen LogP contribution in [-0.2, 0) is 14.8 Å². The summed E-state index contributed by atoms with van der Waals surface area (Å²) in [5.41, 5.74) is 0. The fourth-order valence-electron chi connectivity index (χ4n) is 1.79. The molecule has 0 amide bonds. The Hall–Kier alpha value is -0.130. The Morgan fingerprint density at radius 1 is 1.29 bits per heavy atom. The number of nitrogens with two attached hydrogens (primary N) is 1. The van der Waals surface area contributed by atoms with E-state index >= 15 is 0 Å². The lowest BCUT2D eigenvalue weighted by Gasteiger charge is -2.09. The molecule has 1 aliphatic carbocycles. The predicted octanol–water partition coefficient (Wildman–Crippen LogP) is 0.872. The minimum atomic E-state index is -3.30. The van der Waals surface area contributed by atoms with E-state index in [1.54, 1.807) is 0 Å². The van der Waals surface area contributed by atoms with E-state index in [-0.39, 0.29) is 5.75 Å². The van der Waals surface area contributed by atoms with Gasteiger partial charge in [-0.15, -0.1) is 0 Å². The van der Waals surface area contributed by atoms with Crippen LogP contribution in [0.2, 0.25) is 0 Å². The van der Waals surface area contributed by atoms with Gasteiger partial charge in [0.2, 0.25) is 10.0 Å². The molecule has 0 spiro atoms. The van der Waals surface area contributed by atoms with Gasteiger partial charge in [-0.2, -0.15) is 0 Å². The molecule has 0 aromatic rings. The molecule has 84 valence electrons. The molecule has 14 heavy (non-hydrogen) atoms. The third-order valence-electron chi connectivity index (χ3n) is 2.55. The Balaban J connectivity index is 1.94. The zero-order valence-corrected chi connectivity index (χ0v) is 9.26. The highest BCUT2D eigenvalue weighted by atomic mass is 32.2. The molecule has 1 aliphatic rings. The predicted molar refractivity (Wildman–Crippen MR) is 55.4 cm³/mol. The summed E-state index contributed by atoms with van der Waals surface area (Å²) in [4.78, 5) is 0. The lowest BCUT2D eigenvalue weighted by molar-refractivity contribution is 0.102. The molecule has 0 unspecified atom stereocenters. The van der Waals surface area contributed by atoms with Crippen LogP contribution in [0.3, 0.4) is 0 Å². The molecule has 0 atom stereocenters. The first-order valence-electron chi connectivity index (χ1n) is 5.16. The Kier molecular flexibility index (Phi) is 4.84. The number of sulfonamides is 1. The van der Waals surface area contributed by atoms with Gasteiger partial charge in [-0.1, -0.05) is 12.8 Å². The summed E-state index contributed by atoms with van der Waals surface area (Å²) in [6, 6.07) is 0. The molecule has 1 rings (SSSR count). The summed E-state index contributed by atoms with van der Waals surface area (Å²) in [5, 5.41) is 4.86. The van der Waals surface area contributed by atoms with Crippen molar-refractivity contribution in [2.45, 2.75) is 32.1 Å². The van der Waals surface area contributed by atoms with E-state index in [0.717, 1.165) is 6.61 Å². The normalized spacial score (nSPS) is 18.9. The van der Waals surface area contributed by atoms with Crippen LogP contribution >= 0.6 is 0 Å². The first-order valence-corrected chi connectivity index (χ1v) is 6.88. The fourth-order valence-corrected chi connectivity index (χ4v) is 2.31. The first kappa shape index (κ1) is 11.9. The molecule has 0 aromatic carbocycles. The first-order chi connectivity index (χ1) is 6.58. The maximum atomic E-state index is 10.6. The van der Waals surface area contributed by atoms with E-state index in [0.29, 0.717) is 18.9 Å². The van der Waals surface area contributed by atoms with E-state index in [1.165, 1.54) is 25.7 Å². The smallest absolute Gasteiger partial charge is 0.209 e. The molecule has 4 nitrogen and oxygen atoms in total. The molecule has 0 bridgehead atoms. The summed E-state index contributed by atoms with van der Waals surface area (Å²) >= 11 is 0. The van der Waals surface area contributed by atoms with Gasteiger partial charge in [0.15, 0.2) is 0 Å². The van der Waals surface area contributed by atoms with E-state index in [1.807, 2.05) is 0 Å². The van der Waals surface area contributed by atoms with Gasteiger partial charge in [0.25, 0.3) is 0 Å². The standard InChI is InChI=1S/C9H19NO3S/c10-14(11,12)7-3-6-13-8-9-4-1-2-5-9/h9H,1-8H2,(H2,10,11,12). The summed E-state index contributed by atoms with van der Waals surface area (Å²) in [5.74, 6) is 0.724. The number of primary sulfonamides is 1. The maximum Gasteiger partial charge on any atom is 0.209 e. The number of hydrogen-bond acceptors (Lipinski definition) is 3. The van der Waals surface area contributed by atoms with Crippen LogP contribution in [0.25, 0.3) is 0 Å². The highest BCUT2D eigenvalue weighted by Crippen LogP contribution is 2.24. The van der Waals surface area contributed by atoms with Crippen molar-refractivity contribution in [1.29, 1.82) is 0 Å². The number of hydrogen-bond donors (Lipinski definition) is 1. The SMILES string of the molecule is NS(=O)(=O)CCCOCC1CCCC1. The molecular formula is C9H19NO3S. The van der Waals surface area contributed by atoms with Crippen molar-refractivity contribution in [3.05, 3.63) is 0 Å². The second-order valence-electron chi connectivity index (χ2n) is 3.95. The van der Waals surface area contributed by atoms with Crippen molar-refractivity contribution in [2.24, 2.45) is 11.1 Å². The van der Waals surface area contributed by atoms with Crippen molar-refractivity contribution in [2.75, 3.05) is 19.0 Å². The second kappa shape index (κ2) is 5.68. The van der Waals surface area contributed by atoms with Crippen LogP contribution in [0.15, 0.2) is 0 Å². The number of rotatable bonds is 6. The summed E-state index contributed by atoms with van der Waals surface area (Å²) in [7, 11) is -3.30. The van der Waals surface area contributed by atoms with Crippen molar-refractivity contribution in [1.82, 2.24) is 0 Å². The molecule has 5 heteroatoms. The molecule has 0 radical (unpaired) electrons. The van der Waals surface area contributed by atoms with Gasteiger partial charge in [0, 0.05) is 13.2 Å². The Labute approximate surface area is 85.9 Å². The van der Waals surface area contributed by atoms with Gasteiger partial charge in [0.1, 0.15) is 0 Å². The van der Waals surface area contributed by atoms with Gasteiger partial charge in [0.05, 0.1) is 5.75 Å². The van der Waals surface area contributed by atoms with Gasteiger partial charge >= 0.3 is 0 Å². The molecule has 0 aliphatic heterocycles. The van der Waals surface area contributed by atoms with Gasteiger partial charge in [-0.3, -0.25) is 0 Å². The highest BCUT2D eigenvalue weighted by molar-refractivity contribution is 7.89. The molecule has 0 saturated heterocycles. The van der Waals surface area contributed by atoms with E-state index in [9.17, 15) is 8.42 Å². The van der Waals surface area contributed by atoms with Gasteiger partial charge < -0.3 is 4.74 Å². The quantitative estimate of drug-likeness (QED) is 0.677. The molecule has 0 aromatic heterocycles. The fraction of sp³-hybridized carbons (Fsp3) is 1.00. The van der Waals surface area contributed by atoms with Crippen molar-refractivity contribution >= 4 is 10.0 Å². The number of ether oxygens (including phenoxy) is 1. The average Bonchev–Trinajstić information content (AvgIpc) is 2.54. The largest absolute Gasteiger partial charge is 0.381 e. The van der Waals surface area contributed by atoms with Crippen LogP contribution in [-0.4, -0.2) is 27.4 Å². The molecule has 0 heterocycles. The van der Waals surface area contributed by atoms with Crippen LogP contribution in [0, 0.1) is 5.92 Å². The Morgan fingerprint density at radius 2 is 1.93 bits per heavy atom. The topological polar surface area (TPSA) is 69.4 Å². The summed E-state index contributed by atoms with van der Waals surface area (Å²) < 4.78 is 26.5. The minimum absolute atomic E-state index is 0.0255. The second-order valence-corrected chi connectivity index (χ2v) is 5.68. The van der Waals surface area contributed by atoms with E-state index in [4.69, 9.17) is 9.88 Å². The monoisotopic (exact) mass is 221 g/mol. The summed E-state index contributed by atoms with van der Waals surface area (Å²) in [6.45, 7) is 1.29. The highest BCUT2D eigenvalue weighted by Gasteiger charge is 2.14. The lowest BCUT2D eigenvalue weighted by Crippen LogP contribution is -2.18. The molecular weight excluding hydrogens is 202 g/mol. The molecule has 1 fully saturated rings. The maximum absolute atomic E-state index is 10.6. The van der Waals surface area contributed by atoms with Crippen LogP contribution in [0.1, 0.15) is 32.1 Å². The molecule has 2 N–H and O–H groups in total. The van der Waals surface area contributed by atoms with Crippen molar-refractivity contribution in [3.8, 4) is 0 Å². The Morgan fingerprint density at radius 3 is 2.50 bits per heavy atom. The van der Waals surface area contributed by atoms with E-state index < -0.39 is 10.0 Å². The van der Waals surface area contributed by atoms with Crippen LogP contribution in [0.4, 0.5) is 0 Å².